The fraction of sp³-hybridized carbons (Fsp3) is 0.533. The molecule has 0 radical (unpaired) electrons. The number of benzene rings is 2. The van der Waals surface area contributed by atoms with Crippen LogP contribution in [0.1, 0.15) is 43.5 Å². The predicted molar refractivity (Wildman–Crippen MR) is 148 cm³/mol. The number of esters is 1. The van der Waals surface area contributed by atoms with Gasteiger partial charge < -0.3 is 28.9 Å². The van der Waals surface area contributed by atoms with E-state index in [4.69, 9.17) is 9.47 Å². The number of ether oxygens (including phenoxy) is 3. The Morgan fingerprint density at radius 2 is 1.53 bits per heavy atom. The first-order valence-corrected chi connectivity index (χ1v) is 13.6. The van der Waals surface area contributed by atoms with Crippen LogP contribution in [-0.4, -0.2) is 87.8 Å². The first-order chi connectivity index (χ1) is 18.3. The summed E-state index contributed by atoms with van der Waals surface area (Å²) in [7, 11) is 1.32. The molecular weight excluding hydrogens is 482 g/mol. The van der Waals surface area contributed by atoms with E-state index in [1.165, 1.54) is 33.0 Å². The lowest BCUT2D eigenvalue weighted by Gasteiger charge is -2.38. The third-order valence-corrected chi connectivity index (χ3v) is 7.32. The van der Waals surface area contributed by atoms with Crippen molar-refractivity contribution < 1.29 is 23.8 Å². The summed E-state index contributed by atoms with van der Waals surface area (Å²) < 4.78 is 15.9. The van der Waals surface area contributed by atoms with Gasteiger partial charge in [-0.2, -0.15) is 0 Å². The second-order valence-corrected chi connectivity index (χ2v) is 10.9. The second kappa shape index (κ2) is 13.0. The molecule has 2 aromatic rings. The van der Waals surface area contributed by atoms with E-state index in [1.807, 2.05) is 17.0 Å². The van der Waals surface area contributed by atoms with E-state index in [-0.39, 0.29) is 12.5 Å². The lowest BCUT2D eigenvalue weighted by atomic mass is 9.84. The summed E-state index contributed by atoms with van der Waals surface area (Å²) in [5.74, 6) is 0.981. The maximum atomic E-state index is 12.9. The lowest BCUT2D eigenvalue weighted by Crippen LogP contribution is -2.48. The van der Waals surface area contributed by atoms with Gasteiger partial charge in [0.05, 0.1) is 13.7 Å². The van der Waals surface area contributed by atoms with Crippen molar-refractivity contribution in [2.24, 2.45) is 5.41 Å². The molecule has 0 saturated carbocycles. The summed E-state index contributed by atoms with van der Waals surface area (Å²) in [5, 5.41) is 0. The predicted octanol–water partition coefficient (Wildman–Crippen LogP) is 4.09. The SMILES string of the molecule is COC(=O)COc1ccc(C(=O)N2CCN(c3ccc(OCCCN4CCCC(C)(C)C4)cc3)CC2)cc1. The zero-order valence-corrected chi connectivity index (χ0v) is 23.0. The van der Waals surface area contributed by atoms with Crippen LogP contribution in [0.2, 0.25) is 0 Å². The van der Waals surface area contributed by atoms with Crippen molar-refractivity contribution in [1.82, 2.24) is 9.80 Å². The van der Waals surface area contributed by atoms with Crippen LogP contribution in [-0.2, 0) is 9.53 Å². The highest BCUT2D eigenvalue weighted by atomic mass is 16.6. The van der Waals surface area contributed by atoms with Gasteiger partial charge in [-0.25, -0.2) is 4.79 Å². The number of anilines is 1. The fourth-order valence-electron chi connectivity index (χ4n) is 5.21. The quantitative estimate of drug-likeness (QED) is 0.343. The van der Waals surface area contributed by atoms with Crippen molar-refractivity contribution in [2.45, 2.75) is 33.1 Å². The molecule has 0 unspecified atom stereocenters. The lowest BCUT2D eigenvalue weighted by molar-refractivity contribution is -0.142. The van der Waals surface area contributed by atoms with E-state index in [2.05, 4.69) is 40.5 Å². The Morgan fingerprint density at radius 1 is 0.868 bits per heavy atom. The largest absolute Gasteiger partial charge is 0.494 e. The topological polar surface area (TPSA) is 71.5 Å². The number of amides is 1. The summed E-state index contributed by atoms with van der Waals surface area (Å²) in [6, 6.07) is 15.1. The summed E-state index contributed by atoms with van der Waals surface area (Å²) in [5.41, 5.74) is 2.18. The minimum atomic E-state index is -0.447. The summed E-state index contributed by atoms with van der Waals surface area (Å²) in [4.78, 5) is 30.9. The van der Waals surface area contributed by atoms with E-state index in [1.54, 1.807) is 24.3 Å². The maximum Gasteiger partial charge on any atom is 0.343 e. The van der Waals surface area contributed by atoms with Crippen LogP contribution in [0.25, 0.3) is 0 Å². The van der Waals surface area contributed by atoms with Gasteiger partial charge in [-0.05, 0) is 79.8 Å². The number of hydrogen-bond acceptors (Lipinski definition) is 7. The highest BCUT2D eigenvalue weighted by molar-refractivity contribution is 5.94. The number of piperazine rings is 1. The zero-order chi connectivity index (χ0) is 27.0. The standard InChI is InChI=1S/C30H41N3O5/c1-30(2)14-4-15-31(23-30)16-5-21-37-26-12-8-25(9-13-26)32-17-19-33(20-18-32)29(35)24-6-10-27(11-7-24)38-22-28(34)36-3/h6-13H,4-5,14-23H2,1-3H3. The van der Waals surface area contributed by atoms with Crippen LogP contribution < -0.4 is 14.4 Å². The van der Waals surface area contributed by atoms with Gasteiger partial charge in [0.15, 0.2) is 6.61 Å². The van der Waals surface area contributed by atoms with Crippen LogP contribution in [0.15, 0.2) is 48.5 Å². The Bertz CT molecular complexity index is 1050. The Labute approximate surface area is 226 Å². The number of piperidine rings is 1. The Kier molecular flexibility index (Phi) is 9.50. The molecule has 8 nitrogen and oxygen atoms in total. The van der Waals surface area contributed by atoms with E-state index >= 15 is 0 Å². The van der Waals surface area contributed by atoms with E-state index in [0.29, 0.717) is 29.8 Å². The summed E-state index contributed by atoms with van der Waals surface area (Å²) in [6.45, 7) is 11.6. The summed E-state index contributed by atoms with van der Waals surface area (Å²) in [6.07, 6.45) is 3.65. The third-order valence-electron chi connectivity index (χ3n) is 7.32. The smallest absolute Gasteiger partial charge is 0.343 e. The maximum absolute atomic E-state index is 12.9. The minimum absolute atomic E-state index is 0.000956. The van der Waals surface area contributed by atoms with Crippen molar-refractivity contribution in [3.8, 4) is 11.5 Å². The van der Waals surface area contributed by atoms with E-state index in [0.717, 1.165) is 44.1 Å². The molecule has 2 fully saturated rings. The van der Waals surface area contributed by atoms with Gasteiger partial charge >= 0.3 is 5.97 Å². The van der Waals surface area contributed by atoms with Crippen molar-refractivity contribution in [2.75, 3.05) is 71.0 Å². The molecule has 2 saturated heterocycles. The van der Waals surface area contributed by atoms with Crippen LogP contribution in [0.4, 0.5) is 5.69 Å². The van der Waals surface area contributed by atoms with Crippen LogP contribution in [0, 0.1) is 5.41 Å². The molecule has 8 heteroatoms. The molecule has 0 N–H and O–H groups in total. The number of carbonyl (C=O) groups is 2. The first-order valence-electron chi connectivity index (χ1n) is 13.6. The van der Waals surface area contributed by atoms with Crippen molar-refractivity contribution in [3.63, 3.8) is 0 Å². The highest BCUT2D eigenvalue weighted by Crippen LogP contribution is 2.28. The molecule has 0 aromatic heterocycles. The number of hydrogen-bond donors (Lipinski definition) is 0. The molecule has 2 aliphatic rings. The molecule has 38 heavy (non-hydrogen) atoms. The molecule has 206 valence electrons. The third kappa shape index (κ3) is 7.87. The number of nitrogens with zero attached hydrogens (tertiary/aromatic N) is 3. The molecule has 0 spiro atoms. The van der Waals surface area contributed by atoms with Crippen molar-refractivity contribution in [1.29, 1.82) is 0 Å². The molecule has 1 amide bonds. The number of methoxy groups -OCH3 is 1. The van der Waals surface area contributed by atoms with E-state index < -0.39 is 5.97 Å². The molecule has 4 rings (SSSR count). The van der Waals surface area contributed by atoms with Crippen molar-refractivity contribution in [3.05, 3.63) is 54.1 Å². The molecule has 0 aliphatic carbocycles. The van der Waals surface area contributed by atoms with E-state index in [9.17, 15) is 9.59 Å². The van der Waals surface area contributed by atoms with Crippen molar-refractivity contribution >= 4 is 17.6 Å². The van der Waals surface area contributed by atoms with Gasteiger partial charge in [0, 0.05) is 50.5 Å². The molecular formula is C30H41N3O5. The van der Waals surface area contributed by atoms with Crippen LogP contribution in [0.5, 0.6) is 11.5 Å². The average Bonchev–Trinajstić information content (AvgIpc) is 2.94. The second-order valence-electron chi connectivity index (χ2n) is 10.9. The number of carbonyl (C=O) groups excluding carboxylic acids is 2. The van der Waals surface area contributed by atoms with Crippen LogP contribution >= 0.6 is 0 Å². The molecule has 2 heterocycles. The van der Waals surface area contributed by atoms with Gasteiger partial charge in [-0.15, -0.1) is 0 Å². The Balaban J connectivity index is 1.17. The first kappa shape index (κ1) is 27.8. The Morgan fingerprint density at radius 3 is 2.18 bits per heavy atom. The normalized spacial score (nSPS) is 17.7. The fourth-order valence-corrected chi connectivity index (χ4v) is 5.21. The summed E-state index contributed by atoms with van der Waals surface area (Å²) >= 11 is 0. The Hall–Kier alpha value is -3.26. The van der Waals surface area contributed by atoms with Gasteiger partial charge in [0.1, 0.15) is 11.5 Å². The van der Waals surface area contributed by atoms with Gasteiger partial charge in [-0.1, -0.05) is 13.8 Å². The van der Waals surface area contributed by atoms with Crippen LogP contribution in [0.3, 0.4) is 0 Å². The minimum Gasteiger partial charge on any atom is -0.494 e. The molecule has 2 aliphatic heterocycles. The number of rotatable bonds is 10. The number of likely N-dealkylation sites (tertiary alicyclic amines) is 1. The molecule has 2 aromatic carbocycles. The highest BCUT2D eigenvalue weighted by Gasteiger charge is 2.26. The van der Waals surface area contributed by atoms with Gasteiger partial charge in [0.2, 0.25) is 0 Å². The average molecular weight is 524 g/mol. The van der Waals surface area contributed by atoms with Gasteiger partial charge in [-0.3, -0.25) is 4.79 Å². The zero-order valence-electron chi connectivity index (χ0n) is 23.0. The molecule has 0 bridgehead atoms. The monoisotopic (exact) mass is 523 g/mol. The molecule has 0 atom stereocenters. The van der Waals surface area contributed by atoms with Gasteiger partial charge in [0.25, 0.3) is 5.91 Å².